The first-order chi connectivity index (χ1) is 8.17. The lowest BCUT2D eigenvalue weighted by molar-refractivity contribution is -0.124. The number of ether oxygens (including phenoxy) is 1. The van der Waals surface area contributed by atoms with E-state index in [1.807, 2.05) is 13.8 Å². The Morgan fingerprint density at radius 2 is 1.83 bits per heavy atom. The van der Waals surface area contributed by atoms with Gasteiger partial charge in [-0.3, -0.25) is 4.79 Å². The zero-order valence-corrected chi connectivity index (χ0v) is 12.4. The number of halogens is 1. The molecule has 0 aliphatic heterocycles. The molecule has 6 heteroatoms. The van der Waals surface area contributed by atoms with Gasteiger partial charge in [-0.15, -0.1) is 11.6 Å². The van der Waals surface area contributed by atoms with Gasteiger partial charge in [0.15, 0.2) is 0 Å². The molecular weight excluding hydrogens is 256 g/mol. The maximum atomic E-state index is 11.8. The molecule has 0 aliphatic rings. The van der Waals surface area contributed by atoms with Gasteiger partial charge in [-0.1, -0.05) is 13.8 Å². The lowest BCUT2D eigenvalue weighted by atomic mass is 10.0. The fraction of sp³-hybridized carbons (Fsp3) is 0.833. The predicted molar refractivity (Wildman–Crippen MR) is 71.7 cm³/mol. The average molecular weight is 279 g/mol. The van der Waals surface area contributed by atoms with Crippen molar-refractivity contribution in [3.8, 4) is 0 Å². The van der Waals surface area contributed by atoms with E-state index in [0.717, 1.165) is 0 Å². The number of carbonyl (C=O) groups excluding carboxylic acids is 2. The third kappa shape index (κ3) is 7.37. The van der Waals surface area contributed by atoms with E-state index in [1.54, 1.807) is 20.8 Å². The van der Waals surface area contributed by atoms with E-state index in [4.69, 9.17) is 16.3 Å². The SMILES string of the molecule is CC(C)C(NC(=O)OC(C)(C)C)C(=O)NCCCl. The summed E-state index contributed by atoms with van der Waals surface area (Å²) in [5, 5.41) is 5.21. The van der Waals surface area contributed by atoms with Crippen LogP contribution in [0, 0.1) is 5.92 Å². The summed E-state index contributed by atoms with van der Waals surface area (Å²) in [6.45, 7) is 9.38. The van der Waals surface area contributed by atoms with Crippen LogP contribution in [-0.4, -0.2) is 36.1 Å². The molecule has 106 valence electrons. The molecule has 0 aromatic carbocycles. The topological polar surface area (TPSA) is 67.4 Å². The van der Waals surface area contributed by atoms with E-state index < -0.39 is 17.7 Å². The Morgan fingerprint density at radius 3 is 2.22 bits per heavy atom. The van der Waals surface area contributed by atoms with E-state index in [1.165, 1.54) is 0 Å². The fourth-order valence-corrected chi connectivity index (χ4v) is 1.34. The van der Waals surface area contributed by atoms with Gasteiger partial charge >= 0.3 is 6.09 Å². The van der Waals surface area contributed by atoms with Gasteiger partial charge in [0.05, 0.1) is 0 Å². The highest BCUT2D eigenvalue weighted by molar-refractivity contribution is 6.18. The number of nitrogens with one attached hydrogen (secondary N) is 2. The highest BCUT2D eigenvalue weighted by atomic mass is 35.5. The molecule has 2 N–H and O–H groups in total. The summed E-state index contributed by atoms with van der Waals surface area (Å²) in [5.74, 6) is 0.0487. The van der Waals surface area contributed by atoms with Crippen LogP contribution in [0.5, 0.6) is 0 Å². The van der Waals surface area contributed by atoms with Crippen molar-refractivity contribution >= 4 is 23.6 Å². The van der Waals surface area contributed by atoms with Crippen LogP contribution in [0.3, 0.4) is 0 Å². The van der Waals surface area contributed by atoms with E-state index in [9.17, 15) is 9.59 Å². The minimum atomic E-state index is -0.622. The number of hydrogen-bond donors (Lipinski definition) is 2. The summed E-state index contributed by atoms with van der Waals surface area (Å²) in [5.41, 5.74) is -0.585. The van der Waals surface area contributed by atoms with Gasteiger partial charge in [-0.2, -0.15) is 0 Å². The zero-order valence-electron chi connectivity index (χ0n) is 11.7. The van der Waals surface area contributed by atoms with Crippen LogP contribution < -0.4 is 10.6 Å². The van der Waals surface area contributed by atoms with Crippen molar-refractivity contribution in [3.63, 3.8) is 0 Å². The molecule has 1 atom stereocenters. The van der Waals surface area contributed by atoms with Crippen molar-refractivity contribution in [3.05, 3.63) is 0 Å². The second kappa shape index (κ2) is 7.46. The monoisotopic (exact) mass is 278 g/mol. The molecule has 0 aromatic heterocycles. The van der Waals surface area contributed by atoms with Crippen molar-refractivity contribution in [2.24, 2.45) is 5.92 Å². The number of alkyl halides is 1. The summed E-state index contributed by atoms with van der Waals surface area (Å²) in [7, 11) is 0. The Morgan fingerprint density at radius 1 is 1.28 bits per heavy atom. The van der Waals surface area contributed by atoms with Crippen molar-refractivity contribution in [2.45, 2.75) is 46.3 Å². The first-order valence-electron chi connectivity index (χ1n) is 6.00. The highest BCUT2D eigenvalue weighted by Crippen LogP contribution is 2.08. The molecule has 0 saturated heterocycles. The molecule has 0 aliphatic carbocycles. The van der Waals surface area contributed by atoms with Crippen LogP contribution in [0.2, 0.25) is 0 Å². The van der Waals surface area contributed by atoms with Crippen molar-refractivity contribution in [2.75, 3.05) is 12.4 Å². The van der Waals surface area contributed by atoms with Gasteiger partial charge in [0, 0.05) is 12.4 Å². The van der Waals surface area contributed by atoms with Crippen LogP contribution in [-0.2, 0) is 9.53 Å². The normalized spacial score (nSPS) is 13.1. The maximum Gasteiger partial charge on any atom is 0.408 e. The smallest absolute Gasteiger partial charge is 0.408 e. The van der Waals surface area contributed by atoms with Crippen LogP contribution in [0.4, 0.5) is 4.79 Å². The molecular formula is C12H23ClN2O3. The second-order valence-corrected chi connectivity index (χ2v) is 5.73. The fourth-order valence-electron chi connectivity index (χ4n) is 1.25. The Hall–Kier alpha value is -0.970. The van der Waals surface area contributed by atoms with Gasteiger partial charge in [0.1, 0.15) is 11.6 Å². The third-order valence-corrected chi connectivity index (χ3v) is 2.20. The van der Waals surface area contributed by atoms with Crippen LogP contribution >= 0.6 is 11.6 Å². The molecule has 0 radical (unpaired) electrons. The van der Waals surface area contributed by atoms with Crippen LogP contribution in [0.1, 0.15) is 34.6 Å². The molecule has 0 saturated carbocycles. The summed E-state index contributed by atoms with van der Waals surface area (Å²) in [6.07, 6.45) is -0.595. The Kier molecular flexibility index (Phi) is 7.06. The number of rotatable bonds is 5. The average Bonchev–Trinajstić information content (AvgIpc) is 2.19. The Bertz CT molecular complexity index is 288. The number of carbonyl (C=O) groups is 2. The van der Waals surface area contributed by atoms with E-state index in [-0.39, 0.29) is 11.8 Å². The van der Waals surface area contributed by atoms with Crippen molar-refractivity contribution < 1.29 is 14.3 Å². The molecule has 0 spiro atoms. The van der Waals surface area contributed by atoms with Crippen molar-refractivity contribution in [1.29, 1.82) is 0 Å². The van der Waals surface area contributed by atoms with Crippen molar-refractivity contribution in [1.82, 2.24) is 10.6 Å². The molecule has 0 bridgehead atoms. The maximum absolute atomic E-state index is 11.8. The van der Waals surface area contributed by atoms with Gasteiger partial charge in [-0.25, -0.2) is 4.79 Å². The minimum Gasteiger partial charge on any atom is -0.444 e. The van der Waals surface area contributed by atoms with Gasteiger partial charge < -0.3 is 15.4 Å². The molecule has 5 nitrogen and oxygen atoms in total. The first kappa shape index (κ1) is 17.0. The summed E-state index contributed by atoms with van der Waals surface area (Å²) in [6, 6.07) is -0.622. The molecule has 0 aromatic rings. The predicted octanol–water partition coefficient (Wildman–Crippen LogP) is 1.89. The molecule has 0 rings (SSSR count). The van der Waals surface area contributed by atoms with Gasteiger partial charge in [-0.05, 0) is 26.7 Å². The van der Waals surface area contributed by atoms with Gasteiger partial charge in [0.2, 0.25) is 5.91 Å². The Balaban J connectivity index is 4.45. The van der Waals surface area contributed by atoms with Crippen LogP contribution in [0.25, 0.3) is 0 Å². The van der Waals surface area contributed by atoms with E-state index >= 15 is 0 Å². The summed E-state index contributed by atoms with van der Waals surface area (Å²) in [4.78, 5) is 23.4. The number of hydrogen-bond acceptors (Lipinski definition) is 3. The third-order valence-electron chi connectivity index (χ3n) is 2.02. The molecule has 0 heterocycles. The second-order valence-electron chi connectivity index (χ2n) is 5.35. The molecule has 1 unspecified atom stereocenters. The van der Waals surface area contributed by atoms with Gasteiger partial charge in [0.25, 0.3) is 0 Å². The molecule has 18 heavy (non-hydrogen) atoms. The van der Waals surface area contributed by atoms with E-state index in [0.29, 0.717) is 12.4 Å². The quantitative estimate of drug-likeness (QED) is 0.755. The van der Waals surface area contributed by atoms with Crippen LogP contribution in [0.15, 0.2) is 0 Å². The lowest BCUT2D eigenvalue weighted by Gasteiger charge is -2.25. The zero-order chi connectivity index (χ0) is 14.3. The summed E-state index contributed by atoms with van der Waals surface area (Å²) < 4.78 is 5.12. The minimum absolute atomic E-state index is 0.0344. The number of amides is 2. The summed E-state index contributed by atoms with van der Waals surface area (Å²) >= 11 is 5.50. The standard InChI is InChI=1S/C12H23ClN2O3/c1-8(2)9(10(16)14-7-6-13)15-11(17)18-12(3,4)5/h8-9H,6-7H2,1-5H3,(H,14,16)(H,15,17). The largest absolute Gasteiger partial charge is 0.444 e. The number of alkyl carbamates (subject to hydrolysis) is 1. The first-order valence-corrected chi connectivity index (χ1v) is 6.54. The molecule has 2 amide bonds. The lowest BCUT2D eigenvalue weighted by Crippen LogP contribution is -2.51. The molecule has 0 fully saturated rings. The Labute approximate surface area is 114 Å². The highest BCUT2D eigenvalue weighted by Gasteiger charge is 2.26. The van der Waals surface area contributed by atoms with E-state index in [2.05, 4.69) is 10.6 Å².